The van der Waals surface area contributed by atoms with Crippen LogP contribution in [0.15, 0.2) is 4.99 Å². The molecule has 0 aromatic heterocycles. The van der Waals surface area contributed by atoms with Gasteiger partial charge in [-0.05, 0) is 51.9 Å². The summed E-state index contributed by atoms with van der Waals surface area (Å²) in [5.74, 6) is 1.25. The van der Waals surface area contributed by atoms with Crippen LogP contribution in [0.1, 0.15) is 46.0 Å². The van der Waals surface area contributed by atoms with E-state index in [0.29, 0.717) is 30.1 Å². The molecule has 2 rings (SSSR count). The lowest BCUT2D eigenvalue weighted by molar-refractivity contribution is -0.0501. The number of nitrogens with one attached hydrogen (secondary N) is 1. The average molecular weight is 239 g/mol. The molecule has 2 aliphatic rings. The van der Waals surface area contributed by atoms with Crippen molar-refractivity contribution in [2.24, 2.45) is 16.6 Å². The van der Waals surface area contributed by atoms with Crippen molar-refractivity contribution in [1.29, 1.82) is 0 Å². The molecule has 0 bridgehead atoms. The van der Waals surface area contributed by atoms with Crippen molar-refractivity contribution in [2.45, 2.75) is 64.2 Å². The van der Waals surface area contributed by atoms with Gasteiger partial charge in [0.2, 0.25) is 0 Å². The molecule has 3 N–H and O–H groups in total. The van der Waals surface area contributed by atoms with E-state index in [1.54, 1.807) is 0 Å². The zero-order chi connectivity index (χ0) is 12.3. The minimum absolute atomic E-state index is 0.361. The van der Waals surface area contributed by atoms with Crippen molar-refractivity contribution >= 4 is 5.96 Å². The van der Waals surface area contributed by atoms with Gasteiger partial charge in [-0.2, -0.15) is 0 Å². The summed E-state index contributed by atoms with van der Waals surface area (Å²) < 4.78 is 5.72. The molecule has 17 heavy (non-hydrogen) atoms. The van der Waals surface area contributed by atoms with E-state index in [4.69, 9.17) is 10.5 Å². The SMILES string of the molecule is CC1CC(CN=C(N)NC2CCC2)CC(C)O1. The fourth-order valence-corrected chi connectivity index (χ4v) is 2.73. The number of guanidine groups is 1. The fourth-order valence-electron chi connectivity index (χ4n) is 2.73. The lowest BCUT2D eigenvalue weighted by atomic mass is 9.92. The maximum Gasteiger partial charge on any atom is 0.188 e. The summed E-state index contributed by atoms with van der Waals surface area (Å²) in [6.45, 7) is 5.12. The second kappa shape index (κ2) is 5.71. The van der Waals surface area contributed by atoms with Gasteiger partial charge in [0.1, 0.15) is 0 Å². The second-order valence-electron chi connectivity index (χ2n) is 5.59. The molecule has 0 spiro atoms. The van der Waals surface area contributed by atoms with Crippen molar-refractivity contribution in [3.8, 4) is 0 Å². The average Bonchev–Trinajstić information content (AvgIpc) is 2.19. The predicted molar refractivity (Wildman–Crippen MR) is 70.0 cm³/mol. The first-order valence-electron chi connectivity index (χ1n) is 6.85. The Morgan fingerprint density at radius 1 is 1.29 bits per heavy atom. The molecule has 4 nitrogen and oxygen atoms in total. The number of aliphatic imine (C=N–C) groups is 1. The summed E-state index contributed by atoms with van der Waals surface area (Å²) in [5.41, 5.74) is 5.88. The summed E-state index contributed by atoms with van der Waals surface area (Å²) in [5, 5.41) is 3.27. The highest BCUT2D eigenvalue weighted by atomic mass is 16.5. The van der Waals surface area contributed by atoms with Crippen LogP contribution in [0.3, 0.4) is 0 Å². The zero-order valence-electron chi connectivity index (χ0n) is 11.0. The molecule has 2 atom stereocenters. The summed E-state index contributed by atoms with van der Waals surface area (Å²) in [7, 11) is 0. The Morgan fingerprint density at radius 2 is 1.94 bits per heavy atom. The van der Waals surface area contributed by atoms with Crippen LogP contribution in [-0.4, -0.2) is 30.8 Å². The van der Waals surface area contributed by atoms with E-state index >= 15 is 0 Å². The summed E-state index contributed by atoms with van der Waals surface area (Å²) in [6.07, 6.45) is 6.72. The largest absolute Gasteiger partial charge is 0.376 e. The summed E-state index contributed by atoms with van der Waals surface area (Å²) >= 11 is 0. The summed E-state index contributed by atoms with van der Waals surface area (Å²) in [6, 6.07) is 0.575. The number of hydrogen-bond acceptors (Lipinski definition) is 2. The molecule has 0 radical (unpaired) electrons. The van der Waals surface area contributed by atoms with E-state index in [0.717, 1.165) is 19.4 Å². The quantitative estimate of drug-likeness (QED) is 0.581. The molecule has 2 fully saturated rings. The molecule has 0 aromatic carbocycles. The van der Waals surface area contributed by atoms with E-state index in [1.165, 1.54) is 19.3 Å². The van der Waals surface area contributed by atoms with Gasteiger partial charge in [-0.1, -0.05) is 0 Å². The third-order valence-corrected chi connectivity index (χ3v) is 3.77. The maximum absolute atomic E-state index is 5.88. The van der Waals surface area contributed by atoms with Crippen LogP contribution in [0, 0.1) is 5.92 Å². The highest BCUT2D eigenvalue weighted by Gasteiger charge is 2.24. The molecule has 98 valence electrons. The molecular weight excluding hydrogens is 214 g/mol. The fraction of sp³-hybridized carbons (Fsp3) is 0.923. The normalized spacial score (nSPS) is 35.4. The van der Waals surface area contributed by atoms with E-state index in [9.17, 15) is 0 Å². The molecule has 1 saturated carbocycles. The minimum Gasteiger partial charge on any atom is -0.376 e. The monoisotopic (exact) mass is 239 g/mol. The molecule has 0 amide bonds. The van der Waals surface area contributed by atoms with Crippen LogP contribution in [0.4, 0.5) is 0 Å². The van der Waals surface area contributed by atoms with Crippen molar-refractivity contribution < 1.29 is 4.74 Å². The van der Waals surface area contributed by atoms with E-state index in [2.05, 4.69) is 24.2 Å². The molecule has 4 heteroatoms. The van der Waals surface area contributed by atoms with Crippen LogP contribution in [0.25, 0.3) is 0 Å². The number of ether oxygens (including phenoxy) is 1. The number of rotatable bonds is 3. The topological polar surface area (TPSA) is 59.6 Å². The Labute approximate surface area is 104 Å². The van der Waals surface area contributed by atoms with Gasteiger partial charge in [-0.3, -0.25) is 4.99 Å². The standard InChI is InChI=1S/C13H25N3O/c1-9-6-11(7-10(2)17-9)8-15-13(14)16-12-4-3-5-12/h9-12H,3-8H2,1-2H3,(H3,14,15,16). The Morgan fingerprint density at radius 3 is 2.47 bits per heavy atom. The highest BCUT2D eigenvalue weighted by Crippen LogP contribution is 2.24. The van der Waals surface area contributed by atoms with E-state index < -0.39 is 0 Å². The van der Waals surface area contributed by atoms with E-state index in [1.807, 2.05) is 0 Å². The van der Waals surface area contributed by atoms with Gasteiger partial charge in [0.25, 0.3) is 0 Å². The van der Waals surface area contributed by atoms with Gasteiger partial charge in [0.05, 0.1) is 12.2 Å². The van der Waals surface area contributed by atoms with Crippen LogP contribution < -0.4 is 11.1 Å². The van der Waals surface area contributed by atoms with Crippen LogP contribution in [-0.2, 0) is 4.74 Å². The van der Waals surface area contributed by atoms with Gasteiger partial charge in [0.15, 0.2) is 5.96 Å². The van der Waals surface area contributed by atoms with Gasteiger partial charge in [0, 0.05) is 12.6 Å². The van der Waals surface area contributed by atoms with Crippen LogP contribution in [0.5, 0.6) is 0 Å². The Bertz CT molecular complexity index is 266. The third-order valence-electron chi connectivity index (χ3n) is 3.77. The van der Waals surface area contributed by atoms with Gasteiger partial charge in [-0.15, -0.1) is 0 Å². The molecule has 1 heterocycles. The van der Waals surface area contributed by atoms with E-state index in [-0.39, 0.29) is 0 Å². The van der Waals surface area contributed by atoms with Gasteiger partial charge >= 0.3 is 0 Å². The number of hydrogen-bond donors (Lipinski definition) is 2. The number of nitrogens with two attached hydrogens (primary N) is 1. The Hall–Kier alpha value is -0.770. The van der Waals surface area contributed by atoms with Crippen molar-refractivity contribution in [3.05, 3.63) is 0 Å². The summed E-state index contributed by atoms with van der Waals surface area (Å²) in [4.78, 5) is 4.47. The Kier molecular flexibility index (Phi) is 4.26. The van der Waals surface area contributed by atoms with Crippen molar-refractivity contribution in [1.82, 2.24) is 5.32 Å². The van der Waals surface area contributed by atoms with Gasteiger partial charge in [-0.25, -0.2) is 0 Å². The zero-order valence-corrected chi connectivity index (χ0v) is 11.0. The Balaban J connectivity index is 1.73. The minimum atomic E-state index is 0.361. The molecule has 2 unspecified atom stereocenters. The third kappa shape index (κ3) is 3.87. The first-order valence-corrected chi connectivity index (χ1v) is 6.85. The van der Waals surface area contributed by atoms with Crippen molar-refractivity contribution in [2.75, 3.05) is 6.54 Å². The first-order chi connectivity index (χ1) is 8.13. The molecule has 1 aliphatic carbocycles. The highest BCUT2D eigenvalue weighted by molar-refractivity contribution is 5.78. The maximum atomic E-state index is 5.88. The van der Waals surface area contributed by atoms with Crippen LogP contribution >= 0.6 is 0 Å². The molecule has 1 saturated heterocycles. The lowest BCUT2D eigenvalue weighted by Gasteiger charge is -2.31. The smallest absolute Gasteiger partial charge is 0.188 e. The second-order valence-corrected chi connectivity index (χ2v) is 5.59. The predicted octanol–water partition coefficient (Wildman–Crippen LogP) is 1.65. The van der Waals surface area contributed by atoms with Crippen LogP contribution in [0.2, 0.25) is 0 Å². The number of nitrogens with zero attached hydrogens (tertiary/aromatic N) is 1. The first kappa shape index (κ1) is 12.7. The van der Waals surface area contributed by atoms with Crippen molar-refractivity contribution in [3.63, 3.8) is 0 Å². The molecule has 0 aromatic rings. The lowest BCUT2D eigenvalue weighted by Crippen LogP contribution is -2.44. The molecule has 1 aliphatic heterocycles. The molecular formula is C13H25N3O. The van der Waals surface area contributed by atoms with Gasteiger partial charge < -0.3 is 15.8 Å².